The van der Waals surface area contributed by atoms with E-state index in [9.17, 15) is 0 Å². The van der Waals surface area contributed by atoms with Gasteiger partial charge in [-0.15, -0.1) is 10.2 Å². The molecular formula is C24H42N8. The minimum Gasteiger partial charge on any atom is -0.309 e. The summed E-state index contributed by atoms with van der Waals surface area (Å²) in [7, 11) is 0. The molecule has 2 fully saturated rings. The number of aryl methyl sites for hydroxylation is 2. The van der Waals surface area contributed by atoms with Gasteiger partial charge in [-0.05, 0) is 65.8 Å². The third-order valence-electron chi connectivity index (χ3n) is 6.61. The molecule has 2 aliphatic heterocycles. The Bertz CT molecular complexity index is 747. The fourth-order valence-electron chi connectivity index (χ4n) is 5.55. The molecule has 2 saturated heterocycles. The van der Waals surface area contributed by atoms with Gasteiger partial charge in [-0.2, -0.15) is 0 Å². The number of nitrogens with one attached hydrogen (secondary N) is 2. The van der Waals surface area contributed by atoms with Crippen molar-refractivity contribution in [3.63, 3.8) is 0 Å². The number of hydrogen-bond donors (Lipinski definition) is 2. The molecule has 2 N–H and O–H groups in total. The van der Waals surface area contributed by atoms with Gasteiger partial charge in [0.15, 0.2) is 11.6 Å². The fourth-order valence-corrected chi connectivity index (χ4v) is 5.55. The maximum absolute atomic E-state index is 4.61. The van der Waals surface area contributed by atoms with Gasteiger partial charge in [0.2, 0.25) is 0 Å². The Morgan fingerprint density at radius 2 is 1.12 bits per heavy atom. The van der Waals surface area contributed by atoms with E-state index >= 15 is 0 Å². The van der Waals surface area contributed by atoms with Crippen LogP contribution in [0.1, 0.15) is 52.2 Å². The van der Waals surface area contributed by atoms with E-state index in [1.165, 1.54) is 0 Å². The normalized spacial score (nSPS) is 27.8. The zero-order valence-corrected chi connectivity index (χ0v) is 20.4. The Hall–Kier alpha value is -1.74. The van der Waals surface area contributed by atoms with Crippen molar-refractivity contribution in [3.05, 3.63) is 36.2 Å². The van der Waals surface area contributed by atoms with Gasteiger partial charge in [0.05, 0.1) is 0 Å². The largest absolute Gasteiger partial charge is 0.309 e. The lowest BCUT2D eigenvalue weighted by Crippen LogP contribution is -2.54. The van der Waals surface area contributed by atoms with Gasteiger partial charge in [-0.25, -0.2) is 4.68 Å². The summed E-state index contributed by atoms with van der Waals surface area (Å²) in [6.07, 6.45) is 8.30. The summed E-state index contributed by atoms with van der Waals surface area (Å²) >= 11 is 0. The van der Waals surface area contributed by atoms with E-state index in [2.05, 4.69) is 92.2 Å². The molecule has 178 valence electrons. The lowest BCUT2D eigenvalue weighted by atomic mass is 10.1. The Balaban J connectivity index is 1.34. The molecule has 0 bridgehead atoms. The van der Waals surface area contributed by atoms with Crippen molar-refractivity contribution in [2.75, 3.05) is 39.3 Å². The first-order valence-corrected chi connectivity index (χ1v) is 12.5. The predicted octanol–water partition coefficient (Wildman–Crippen LogP) is 1.62. The molecule has 2 aromatic heterocycles. The maximum atomic E-state index is 4.61. The molecule has 0 saturated carbocycles. The molecule has 0 amide bonds. The monoisotopic (exact) mass is 442 g/mol. The second kappa shape index (κ2) is 10.9. The van der Waals surface area contributed by atoms with Crippen LogP contribution in [0.3, 0.4) is 0 Å². The maximum Gasteiger partial charge on any atom is 0.153 e. The lowest BCUT2D eigenvalue weighted by Gasteiger charge is -2.36. The highest BCUT2D eigenvalue weighted by Crippen LogP contribution is 2.12. The number of hydrogen-bond acceptors (Lipinski definition) is 6. The standard InChI is InChI=1S/C24H42N8/c1-19-15-29(16-20(2)25-19)11-7-9-23-27-28-24(32(23)31-13-5-6-14-31)10-8-12-30-17-21(3)26-22(4)18-30/h5-6,13-14,19-22,25-26H,7-12,15-18H2,1-4H3/t19-,20-,21-,22+/m1/s1. The molecule has 4 rings (SSSR count). The molecule has 4 heterocycles. The summed E-state index contributed by atoms with van der Waals surface area (Å²) in [6, 6.07) is 6.40. The third kappa shape index (κ3) is 6.19. The first kappa shape index (κ1) is 23.4. The molecule has 2 aliphatic rings. The van der Waals surface area contributed by atoms with E-state index in [1.807, 2.05) is 0 Å². The van der Waals surface area contributed by atoms with Crippen LogP contribution in [0.15, 0.2) is 24.5 Å². The van der Waals surface area contributed by atoms with Gasteiger partial charge in [0.1, 0.15) is 0 Å². The summed E-state index contributed by atoms with van der Waals surface area (Å²) in [4.78, 5) is 5.16. The Morgan fingerprint density at radius 3 is 1.53 bits per heavy atom. The highest BCUT2D eigenvalue weighted by atomic mass is 15.5. The van der Waals surface area contributed by atoms with Gasteiger partial charge in [-0.3, -0.25) is 4.68 Å². The number of nitrogens with zero attached hydrogens (tertiary/aromatic N) is 6. The minimum absolute atomic E-state index is 0.565. The lowest BCUT2D eigenvalue weighted by molar-refractivity contribution is 0.171. The smallest absolute Gasteiger partial charge is 0.153 e. The van der Waals surface area contributed by atoms with Gasteiger partial charge < -0.3 is 20.4 Å². The second-order valence-electron chi connectivity index (χ2n) is 10.1. The third-order valence-corrected chi connectivity index (χ3v) is 6.61. The average Bonchev–Trinajstić information content (AvgIpc) is 3.36. The molecule has 8 nitrogen and oxygen atoms in total. The minimum atomic E-state index is 0.565. The highest BCUT2D eigenvalue weighted by molar-refractivity contribution is 5.02. The van der Waals surface area contributed by atoms with Crippen LogP contribution in [0.2, 0.25) is 0 Å². The first-order chi connectivity index (χ1) is 15.5. The molecule has 0 aliphatic carbocycles. The second-order valence-corrected chi connectivity index (χ2v) is 10.1. The molecule has 0 aromatic carbocycles. The molecule has 0 unspecified atom stereocenters. The van der Waals surface area contributed by atoms with Crippen LogP contribution in [0.5, 0.6) is 0 Å². The zero-order chi connectivity index (χ0) is 22.5. The van der Waals surface area contributed by atoms with Crippen LogP contribution in [0.4, 0.5) is 0 Å². The van der Waals surface area contributed by atoms with Crippen molar-refractivity contribution in [3.8, 4) is 0 Å². The molecule has 0 spiro atoms. The molecular weight excluding hydrogens is 400 g/mol. The van der Waals surface area contributed by atoms with Gasteiger partial charge in [-0.1, -0.05) is 0 Å². The van der Waals surface area contributed by atoms with Crippen molar-refractivity contribution >= 4 is 0 Å². The molecule has 32 heavy (non-hydrogen) atoms. The predicted molar refractivity (Wildman–Crippen MR) is 129 cm³/mol. The Labute approximate surface area is 193 Å². The van der Waals surface area contributed by atoms with Gasteiger partial charge in [0, 0.05) is 75.6 Å². The Kier molecular flexibility index (Phi) is 7.99. The van der Waals surface area contributed by atoms with Crippen LogP contribution in [0, 0.1) is 0 Å². The summed E-state index contributed by atoms with van der Waals surface area (Å²) in [5, 5.41) is 16.5. The van der Waals surface area contributed by atoms with E-state index in [0.717, 1.165) is 76.6 Å². The van der Waals surface area contributed by atoms with Crippen molar-refractivity contribution in [1.82, 2.24) is 40.0 Å². The summed E-state index contributed by atoms with van der Waals surface area (Å²) < 4.78 is 4.36. The summed E-state index contributed by atoms with van der Waals surface area (Å²) in [6.45, 7) is 15.9. The zero-order valence-electron chi connectivity index (χ0n) is 20.4. The van der Waals surface area contributed by atoms with Crippen LogP contribution >= 0.6 is 0 Å². The van der Waals surface area contributed by atoms with Crippen LogP contribution in [-0.2, 0) is 12.8 Å². The van der Waals surface area contributed by atoms with Crippen LogP contribution in [-0.4, -0.2) is 92.8 Å². The van der Waals surface area contributed by atoms with Crippen LogP contribution < -0.4 is 10.6 Å². The SMILES string of the molecule is C[C@@H]1CN(CCCc2nnc(CCCN3C[C@@H](C)N[C@@H](C)C3)n2-n2cccc2)C[C@@H](C)N1. The van der Waals surface area contributed by atoms with Gasteiger partial charge in [0.25, 0.3) is 0 Å². The first-order valence-electron chi connectivity index (χ1n) is 12.5. The van der Waals surface area contributed by atoms with Crippen molar-refractivity contribution in [1.29, 1.82) is 0 Å². The fraction of sp³-hybridized carbons (Fsp3) is 0.750. The number of aromatic nitrogens is 4. The topological polar surface area (TPSA) is 66.2 Å². The average molecular weight is 443 g/mol. The molecule has 4 atom stereocenters. The van der Waals surface area contributed by atoms with E-state index in [-0.39, 0.29) is 0 Å². The summed E-state index contributed by atoms with van der Waals surface area (Å²) in [5.74, 6) is 2.13. The van der Waals surface area contributed by atoms with E-state index in [4.69, 9.17) is 0 Å². The molecule has 8 heteroatoms. The van der Waals surface area contributed by atoms with E-state index < -0.39 is 0 Å². The van der Waals surface area contributed by atoms with E-state index in [0.29, 0.717) is 24.2 Å². The highest BCUT2D eigenvalue weighted by Gasteiger charge is 2.22. The van der Waals surface area contributed by atoms with Crippen molar-refractivity contribution < 1.29 is 0 Å². The number of rotatable bonds is 9. The van der Waals surface area contributed by atoms with Crippen molar-refractivity contribution in [2.45, 2.75) is 77.5 Å². The quantitative estimate of drug-likeness (QED) is 0.615. The van der Waals surface area contributed by atoms with Gasteiger partial charge >= 0.3 is 0 Å². The molecule has 2 aromatic rings. The van der Waals surface area contributed by atoms with E-state index in [1.54, 1.807) is 0 Å². The van der Waals surface area contributed by atoms with Crippen molar-refractivity contribution in [2.24, 2.45) is 0 Å². The van der Waals surface area contributed by atoms with Crippen LogP contribution in [0.25, 0.3) is 0 Å². The number of piperazine rings is 2. The molecule has 0 radical (unpaired) electrons. The Morgan fingerprint density at radius 1 is 0.719 bits per heavy atom. The summed E-state index contributed by atoms with van der Waals surface area (Å²) in [5.41, 5.74) is 0.